The smallest absolute Gasteiger partial charge is 0.223 e. The maximum Gasteiger partial charge on any atom is 0.223 e. The predicted molar refractivity (Wildman–Crippen MR) is 103 cm³/mol. The van der Waals surface area contributed by atoms with E-state index in [1.54, 1.807) is 0 Å². The minimum atomic E-state index is -0.250. The van der Waals surface area contributed by atoms with Gasteiger partial charge in [0.05, 0.1) is 13.2 Å². The molecule has 0 spiro atoms. The van der Waals surface area contributed by atoms with E-state index in [4.69, 9.17) is 4.74 Å². The van der Waals surface area contributed by atoms with Gasteiger partial charge >= 0.3 is 0 Å². The van der Waals surface area contributed by atoms with Crippen LogP contribution < -0.4 is 0 Å². The predicted octanol–water partition coefficient (Wildman–Crippen LogP) is 3.40. The van der Waals surface area contributed by atoms with Crippen molar-refractivity contribution in [2.75, 3.05) is 19.7 Å². The number of aryl methyl sites for hydroxylation is 1. The monoisotopic (exact) mass is 420 g/mol. The van der Waals surface area contributed by atoms with E-state index in [2.05, 4.69) is 51.9 Å². The van der Waals surface area contributed by atoms with Crippen LogP contribution >= 0.6 is 15.9 Å². The molecule has 1 saturated heterocycles. The third-order valence-electron chi connectivity index (χ3n) is 4.46. The molecule has 2 heterocycles. The second-order valence-electron chi connectivity index (χ2n) is 7.58. The van der Waals surface area contributed by atoms with E-state index in [0.717, 1.165) is 22.3 Å². The van der Waals surface area contributed by atoms with Gasteiger partial charge < -0.3 is 9.64 Å². The fourth-order valence-electron chi connectivity index (χ4n) is 2.90. The van der Waals surface area contributed by atoms with Crippen LogP contribution in [-0.2, 0) is 21.4 Å². The zero-order chi connectivity index (χ0) is 18.7. The molecule has 26 heavy (non-hydrogen) atoms. The number of carbonyl (C=O) groups excluding carboxylic acids is 1. The van der Waals surface area contributed by atoms with E-state index in [9.17, 15) is 4.79 Å². The van der Waals surface area contributed by atoms with Gasteiger partial charge in [0.25, 0.3) is 0 Å². The number of nitrogens with zero attached hydrogens (tertiary/aromatic N) is 3. The summed E-state index contributed by atoms with van der Waals surface area (Å²) in [7, 11) is 0. The van der Waals surface area contributed by atoms with Gasteiger partial charge in [0, 0.05) is 22.9 Å². The summed E-state index contributed by atoms with van der Waals surface area (Å²) in [5.74, 6) is 1.59. The maximum absolute atomic E-state index is 12.6. The molecule has 0 aliphatic carbocycles. The van der Waals surface area contributed by atoms with E-state index in [1.165, 1.54) is 0 Å². The molecular weight excluding hydrogens is 396 g/mol. The summed E-state index contributed by atoms with van der Waals surface area (Å²) >= 11 is 3.54. The highest BCUT2D eigenvalue weighted by Crippen LogP contribution is 2.24. The maximum atomic E-state index is 12.6. The zero-order valence-corrected chi connectivity index (χ0v) is 17.0. The van der Waals surface area contributed by atoms with Gasteiger partial charge in [0.15, 0.2) is 11.6 Å². The molecule has 1 fully saturated rings. The van der Waals surface area contributed by atoms with Crippen LogP contribution in [0.1, 0.15) is 50.5 Å². The summed E-state index contributed by atoms with van der Waals surface area (Å²) in [5.41, 5.74) is 1.03. The molecule has 140 valence electrons. The Kier molecular flexibility index (Phi) is 5.77. The zero-order valence-electron chi connectivity index (χ0n) is 15.5. The van der Waals surface area contributed by atoms with Crippen LogP contribution in [0.15, 0.2) is 28.7 Å². The van der Waals surface area contributed by atoms with Gasteiger partial charge in [-0.15, -0.1) is 0 Å². The summed E-state index contributed by atoms with van der Waals surface area (Å²) in [6, 6.07) is 8.01. The molecule has 3 rings (SSSR count). The molecule has 1 aliphatic heterocycles. The standard InChI is InChI=1S/C19H25BrN4O2/c1-19(2,3)18-21-17(22-23-18)15-12-24(10-11-26-15)16(25)9-8-13-6-4-5-7-14(13)20/h4-7,15H,8-12H2,1-3H3,(H,21,22,23). The van der Waals surface area contributed by atoms with Crippen molar-refractivity contribution in [2.24, 2.45) is 0 Å². The highest BCUT2D eigenvalue weighted by atomic mass is 79.9. The number of hydrogen-bond acceptors (Lipinski definition) is 4. The van der Waals surface area contributed by atoms with Crippen molar-refractivity contribution >= 4 is 21.8 Å². The number of ether oxygens (including phenoxy) is 1. The third-order valence-corrected chi connectivity index (χ3v) is 5.24. The highest BCUT2D eigenvalue weighted by Gasteiger charge is 2.29. The Morgan fingerprint density at radius 3 is 2.85 bits per heavy atom. The number of H-pyrrole nitrogens is 1. The molecule has 1 aromatic heterocycles. The van der Waals surface area contributed by atoms with Crippen molar-refractivity contribution in [2.45, 2.75) is 45.1 Å². The van der Waals surface area contributed by atoms with Gasteiger partial charge in [-0.3, -0.25) is 9.89 Å². The van der Waals surface area contributed by atoms with Crippen LogP contribution in [0.3, 0.4) is 0 Å². The van der Waals surface area contributed by atoms with Gasteiger partial charge in [0.2, 0.25) is 5.91 Å². The normalized spacial score (nSPS) is 18.2. The van der Waals surface area contributed by atoms with Crippen LogP contribution in [-0.4, -0.2) is 45.7 Å². The van der Waals surface area contributed by atoms with Crippen molar-refractivity contribution < 1.29 is 9.53 Å². The second-order valence-corrected chi connectivity index (χ2v) is 8.44. The summed E-state index contributed by atoms with van der Waals surface area (Å²) < 4.78 is 6.86. The van der Waals surface area contributed by atoms with Crippen molar-refractivity contribution in [3.63, 3.8) is 0 Å². The number of hydrogen-bond donors (Lipinski definition) is 1. The minimum absolute atomic E-state index is 0.123. The van der Waals surface area contributed by atoms with Gasteiger partial charge in [-0.1, -0.05) is 54.9 Å². The lowest BCUT2D eigenvalue weighted by molar-refractivity contribution is -0.139. The molecule has 6 nitrogen and oxygen atoms in total. The van der Waals surface area contributed by atoms with Crippen LogP contribution in [0, 0.1) is 0 Å². The molecule has 1 N–H and O–H groups in total. The fraction of sp³-hybridized carbons (Fsp3) is 0.526. The molecule has 1 aliphatic rings. The first kappa shape index (κ1) is 19.0. The number of amides is 1. The Balaban J connectivity index is 1.60. The van der Waals surface area contributed by atoms with E-state index < -0.39 is 0 Å². The lowest BCUT2D eigenvalue weighted by atomic mass is 9.96. The number of aromatic nitrogens is 3. The molecule has 1 atom stereocenters. The summed E-state index contributed by atoms with van der Waals surface area (Å²) in [6.45, 7) is 7.84. The van der Waals surface area contributed by atoms with E-state index in [0.29, 0.717) is 31.9 Å². The van der Waals surface area contributed by atoms with E-state index in [1.807, 2.05) is 29.2 Å². The van der Waals surface area contributed by atoms with Gasteiger partial charge in [0.1, 0.15) is 6.10 Å². The van der Waals surface area contributed by atoms with Crippen molar-refractivity contribution in [3.8, 4) is 0 Å². The number of aromatic amines is 1. The Morgan fingerprint density at radius 2 is 2.15 bits per heavy atom. The molecule has 0 saturated carbocycles. The first-order valence-corrected chi connectivity index (χ1v) is 9.69. The molecule has 0 bridgehead atoms. The van der Waals surface area contributed by atoms with Crippen LogP contribution in [0.5, 0.6) is 0 Å². The lowest BCUT2D eigenvalue weighted by Crippen LogP contribution is -2.42. The first-order valence-electron chi connectivity index (χ1n) is 8.90. The van der Waals surface area contributed by atoms with Gasteiger partial charge in [-0.05, 0) is 18.1 Å². The second kappa shape index (κ2) is 7.88. The van der Waals surface area contributed by atoms with Crippen LogP contribution in [0.25, 0.3) is 0 Å². The molecule has 1 amide bonds. The van der Waals surface area contributed by atoms with Crippen LogP contribution in [0.2, 0.25) is 0 Å². The Labute approximate surface area is 162 Å². The number of benzene rings is 1. The molecule has 7 heteroatoms. The number of morpholine rings is 1. The van der Waals surface area contributed by atoms with Gasteiger partial charge in [-0.2, -0.15) is 5.10 Å². The van der Waals surface area contributed by atoms with Crippen molar-refractivity contribution in [1.29, 1.82) is 0 Å². The topological polar surface area (TPSA) is 71.1 Å². The molecular formula is C19H25BrN4O2. The van der Waals surface area contributed by atoms with Crippen LogP contribution in [0.4, 0.5) is 0 Å². The Bertz CT molecular complexity index is 769. The van der Waals surface area contributed by atoms with E-state index >= 15 is 0 Å². The van der Waals surface area contributed by atoms with Crippen molar-refractivity contribution in [3.05, 3.63) is 46.0 Å². The molecule has 1 unspecified atom stereocenters. The number of halogens is 1. The quantitative estimate of drug-likeness (QED) is 0.822. The largest absolute Gasteiger partial charge is 0.367 e. The van der Waals surface area contributed by atoms with E-state index in [-0.39, 0.29) is 17.4 Å². The van der Waals surface area contributed by atoms with Gasteiger partial charge in [-0.25, -0.2) is 4.98 Å². The highest BCUT2D eigenvalue weighted by molar-refractivity contribution is 9.10. The summed E-state index contributed by atoms with van der Waals surface area (Å²) in [5, 5.41) is 7.27. The molecule has 2 aromatic rings. The fourth-order valence-corrected chi connectivity index (χ4v) is 3.38. The SMILES string of the molecule is CC(C)(C)c1n[nH]c(C2CN(C(=O)CCc3ccccc3Br)CCO2)n1. The lowest BCUT2D eigenvalue weighted by Gasteiger charge is -2.32. The summed E-state index contributed by atoms with van der Waals surface area (Å²) in [6.07, 6.45) is 0.956. The Hall–Kier alpha value is -1.73. The van der Waals surface area contributed by atoms with Crippen molar-refractivity contribution in [1.82, 2.24) is 20.1 Å². The average molecular weight is 421 g/mol. The molecule has 0 radical (unpaired) electrons. The average Bonchev–Trinajstić information content (AvgIpc) is 3.11. The third kappa shape index (κ3) is 4.51. The number of nitrogens with one attached hydrogen (secondary N) is 1. The number of carbonyl (C=O) groups is 1. The number of rotatable bonds is 4. The summed E-state index contributed by atoms with van der Waals surface area (Å²) in [4.78, 5) is 19.1. The Morgan fingerprint density at radius 1 is 1.38 bits per heavy atom. The minimum Gasteiger partial charge on any atom is -0.367 e. The first-order chi connectivity index (χ1) is 12.3. The molecule has 1 aromatic carbocycles.